The molecular weight excluding hydrogens is 464 g/mol. The first-order chi connectivity index (χ1) is 16.2. The minimum absolute atomic E-state index is 0.00957. The Balaban J connectivity index is 1.63. The van der Waals surface area contributed by atoms with Gasteiger partial charge in [0, 0.05) is 36.5 Å². The molecule has 0 aliphatic heterocycles. The van der Waals surface area contributed by atoms with Crippen molar-refractivity contribution in [3.05, 3.63) is 87.2 Å². The SMILES string of the molecule is Cc1cc(C)n(CCN(C(=O)C=Cc2ccc([N+](=O)[O-])cc2)c2nc3c(F)cc(F)cc3s2)n1. The molecule has 0 aliphatic carbocycles. The second-order valence-corrected chi connectivity index (χ2v) is 8.56. The van der Waals surface area contributed by atoms with Crippen LogP contribution in [0.4, 0.5) is 19.6 Å². The smallest absolute Gasteiger partial charge is 0.269 e. The Morgan fingerprint density at radius 1 is 1.21 bits per heavy atom. The molecule has 0 spiro atoms. The lowest BCUT2D eigenvalue weighted by molar-refractivity contribution is -0.384. The summed E-state index contributed by atoms with van der Waals surface area (Å²) in [6, 6.07) is 9.58. The zero-order chi connectivity index (χ0) is 24.4. The van der Waals surface area contributed by atoms with Crippen LogP contribution in [0.2, 0.25) is 0 Å². The number of non-ortho nitro benzene ring substituents is 1. The van der Waals surface area contributed by atoms with Crippen molar-refractivity contribution in [2.75, 3.05) is 11.4 Å². The van der Waals surface area contributed by atoms with E-state index in [-0.39, 0.29) is 27.6 Å². The van der Waals surface area contributed by atoms with Crippen LogP contribution in [0, 0.1) is 35.6 Å². The van der Waals surface area contributed by atoms with Gasteiger partial charge < -0.3 is 0 Å². The van der Waals surface area contributed by atoms with E-state index in [1.165, 1.54) is 47.4 Å². The first-order valence-corrected chi connectivity index (χ1v) is 11.0. The van der Waals surface area contributed by atoms with Crippen molar-refractivity contribution < 1.29 is 18.5 Å². The second kappa shape index (κ2) is 9.48. The lowest BCUT2D eigenvalue weighted by Crippen LogP contribution is -2.33. The Kier molecular flexibility index (Phi) is 6.46. The average molecular weight is 484 g/mol. The van der Waals surface area contributed by atoms with Crippen LogP contribution in [0.25, 0.3) is 16.3 Å². The fraction of sp³-hybridized carbons (Fsp3) is 0.174. The largest absolute Gasteiger partial charge is 0.283 e. The average Bonchev–Trinajstić information content (AvgIpc) is 3.35. The Morgan fingerprint density at radius 3 is 2.59 bits per heavy atom. The number of thiazole rings is 1. The van der Waals surface area contributed by atoms with Crippen molar-refractivity contribution >= 4 is 44.4 Å². The van der Waals surface area contributed by atoms with E-state index in [1.54, 1.807) is 4.68 Å². The second-order valence-electron chi connectivity index (χ2n) is 7.55. The van der Waals surface area contributed by atoms with Crippen molar-refractivity contribution in [2.24, 2.45) is 0 Å². The molecule has 174 valence electrons. The first-order valence-electron chi connectivity index (χ1n) is 10.2. The van der Waals surface area contributed by atoms with Gasteiger partial charge in [0.15, 0.2) is 10.9 Å². The summed E-state index contributed by atoms with van der Waals surface area (Å²) in [7, 11) is 0. The van der Waals surface area contributed by atoms with Crippen molar-refractivity contribution in [1.29, 1.82) is 0 Å². The van der Waals surface area contributed by atoms with E-state index in [2.05, 4.69) is 10.1 Å². The molecule has 34 heavy (non-hydrogen) atoms. The summed E-state index contributed by atoms with van der Waals surface area (Å²) in [4.78, 5) is 29.1. The molecule has 0 atom stereocenters. The number of anilines is 1. The molecule has 2 aromatic carbocycles. The van der Waals surface area contributed by atoms with Gasteiger partial charge in [-0.25, -0.2) is 13.8 Å². The van der Waals surface area contributed by atoms with E-state index in [1.807, 2.05) is 19.9 Å². The van der Waals surface area contributed by atoms with Gasteiger partial charge in [-0.1, -0.05) is 11.3 Å². The summed E-state index contributed by atoms with van der Waals surface area (Å²) in [6.07, 6.45) is 2.83. The number of nitrogens with zero attached hydrogens (tertiary/aromatic N) is 5. The number of nitro benzene ring substituents is 1. The summed E-state index contributed by atoms with van der Waals surface area (Å²) in [5.41, 5.74) is 2.29. The maximum absolute atomic E-state index is 14.2. The lowest BCUT2D eigenvalue weighted by Gasteiger charge is -2.18. The molecule has 1 amide bonds. The van der Waals surface area contributed by atoms with Crippen molar-refractivity contribution in [2.45, 2.75) is 20.4 Å². The number of hydrogen-bond donors (Lipinski definition) is 0. The van der Waals surface area contributed by atoms with Crippen molar-refractivity contribution in [3.8, 4) is 0 Å². The summed E-state index contributed by atoms with van der Waals surface area (Å²) < 4.78 is 29.9. The van der Waals surface area contributed by atoms with Gasteiger partial charge >= 0.3 is 0 Å². The number of aromatic nitrogens is 3. The predicted molar refractivity (Wildman–Crippen MR) is 126 cm³/mol. The fourth-order valence-electron chi connectivity index (χ4n) is 3.42. The van der Waals surface area contributed by atoms with Gasteiger partial charge in [0.1, 0.15) is 11.3 Å². The van der Waals surface area contributed by atoms with Gasteiger partial charge in [-0.2, -0.15) is 5.10 Å². The monoisotopic (exact) mass is 483 g/mol. The van der Waals surface area contributed by atoms with Crippen LogP contribution < -0.4 is 4.90 Å². The Morgan fingerprint density at radius 2 is 1.94 bits per heavy atom. The van der Waals surface area contributed by atoms with Crippen LogP contribution in [0.5, 0.6) is 0 Å². The van der Waals surface area contributed by atoms with E-state index in [0.717, 1.165) is 28.8 Å². The number of benzene rings is 2. The third-order valence-corrected chi connectivity index (χ3v) is 6.09. The van der Waals surface area contributed by atoms with Gasteiger partial charge in [-0.05, 0) is 49.8 Å². The summed E-state index contributed by atoms with van der Waals surface area (Å²) in [5, 5.41) is 15.4. The quantitative estimate of drug-likeness (QED) is 0.208. The minimum atomic E-state index is -0.801. The summed E-state index contributed by atoms with van der Waals surface area (Å²) in [6.45, 7) is 4.32. The topological polar surface area (TPSA) is 94.2 Å². The normalized spacial score (nSPS) is 11.4. The Bertz CT molecular complexity index is 1410. The predicted octanol–water partition coefficient (Wildman–Crippen LogP) is 5.04. The van der Waals surface area contributed by atoms with Gasteiger partial charge in [0.2, 0.25) is 0 Å². The Labute approximate surface area is 196 Å². The molecule has 11 heteroatoms. The molecular formula is C23H19F2N5O3S. The van der Waals surface area contributed by atoms with E-state index in [9.17, 15) is 23.7 Å². The number of nitro groups is 1. The molecule has 0 fully saturated rings. The summed E-state index contributed by atoms with van der Waals surface area (Å²) >= 11 is 1.01. The third-order valence-electron chi connectivity index (χ3n) is 5.06. The molecule has 2 heterocycles. The van der Waals surface area contributed by atoms with Gasteiger partial charge in [-0.15, -0.1) is 0 Å². The number of carbonyl (C=O) groups excluding carboxylic acids is 1. The molecule has 2 aromatic heterocycles. The number of carbonyl (C=O) groups is 1. The number of amides is 1. The molecule has 0 saturated carbocycles. The number of rotatable bonds is 7. The van der Waals surface area contributed by atoms with Crippen LogP contribution >= 0.6 is 11.3 Å². The summed E-state index contributed by atoms with van der Waals surface area (Å²) in [5.74, 6) is -1.96. The number of aryl methyl sites for hydroxylation is 2. The maximum atomic E-state index is 14.2. The fourth-order valence-corrected chi connectivity index (χ4v) is 4.46. The van der Waals surface area contributed by atoms with E-state index in [4.69, 9.17) is 0 Å². The maximum Gasteiger partial charge on any atom is 0.269 e. The highest BCUT2D eigenvalue weighted by atomic mass is 32.1. The van der Waals surface area contributed by atoms with Gasteiger partial charge in [0.05, 0.1) is 21.9 Å². The van der Waals surface area contributed by atoms with Gasteiger partial charge in [0.25, 0.3) is 11.6 Å². The molecule has 0 aliphatic rings. The molecule has 0 bridgehead atoms. The minimum Gasteiger partial charge on any atom is -0.283 e. The third kappa shape index (κ3) is 4.99. The molecule has 8 nitrogen and oxygen atoms in total. The molecule has 0 radical (unpaired) electrons. The Hall–Kier alpha value is -3.99. The standard InChI is InChI=1S/C23H19F2N5O3S/c1-14-11-15(2)29(27-14)10-9-28(23-26-22-19(25)12-17(24)13-20(22)34-23)21(31)8-5-16-3-6-18(7-4-16)30(32)33/h3-8,11-13H,9-10H2,1-2H3. The molecule has 0 saturated heterocycles. The molecule has 0 N–H and O–H groups in total. The lowest BCUT2D eigenvalue weighted by atomic mass is 10.2. The van der Waals surface area contributed by atoms with Crippen molar-refractivity contribution in [3.63, 3.8) is 0 Å². The molecule has 0 unspecified atom stereocenters. The number of hydrogen-bond acceptors (Lipinski definition) is 6. The number of fused-ring (bicyclic) bond motifs is 1. The van der Waals surface area contributed by atoms with Crippen LogP contribution in [-0.2, 0) is 11.3 Å². The van der Waals surface area contributed by atoms with Crippen LogP contribution in [0.15, 0.2) is 48.5 Å². The van der Waals surface area contributed by atoms with Crippen LogP contribution in [0.3, 0.4) is 0 Å². The van der Waals surface area contributed by atoms with Gasteiger partial charge in [-0.3, -0.25) is 24.5 Å². The zero-order valence-corrected chi connectivity index (χ0v) is 19.1. The molecule has 4 rings (SSSR count). The molecule has 4 aromatic rings. The van der Waals surface area contributed by atoms with E-state index >= 15 is 0 Å². The van der Waals surface area contributed by atoms with Crippen LogP contribution in [-0.4, -0.2) is 32.1 Å². The highest BCUT2D eigenvalue weighted by Gasteiger charge is 2.20. The van der Waals surface area contributed by atoms with E-state index < -0.39 is 22.5 Å². The van der Waals surface area contributed by atoms with E-state index in [0.29, 0.717) is 12.1 Å². The highest BCUT2D eigenvalue weighted by molar-refractivity contribution is 7.22. The van der Waals surface area contributed by atoms with Crippen molar-refractivity contribution in [1.82, 2.24) is 14.8 Å². The number of halogens is 2. The van der Waals surface area contributed by atoms with Crippen LogP contribution in [0.1, 0.15) is 17.0 Å². The first kappa shape index (κ1) is 23.2. The highest BCUT2D eigenvalue weighted by Crippen LogP contribution is 2.31. The zero-order valence-electron chi connectivity index (χ0n) is 18.2.